The third-order valence-electron chi connectivity index (χ3n) is 3.81. The van der Waals surface area contributed by atoms with Gasteiger partial charge in [0.1, 0.15) is 6.54 Å². The Balaban J connectivity index is 1.75. The molecule has 0 heterocycles. The molecule has 2 aromatic rings. The average Bonchev–Trinajstić information content (AvgIpc) is 2.64. The highest BCUT2D eigenvalue weighted by Crippen LogP contribution is 2.21. The zero-order valence-corrected chi connectivity index (χ0v) is 18.5. The van der Waals surface area contributed by atoms with Crippen molar-refractivity contribution in [3.63, 3.8) is 0 Å². The lowest BCUT2D eigenvalue weighted by Gasteiger charge is -2.21. The van der Waals surface area contributed by atoms with Crippen LogP contribution in [0.4, 0.5) is 5.69 Å². The monoisotopic (exact) mass is 460 g/mol. The largest absolute Gasteiger partial charge is 0.354 e. The fourth-order valence-electron chi connectivity index (χ4n) is 2.39. The Morgan fingerprint density at radius 3 is 2.43 bits per heavy atom. The van der Waals surface area contributed by atoms with Gasteiger partial charge in [0.15, 0.2) is 0 Å². The van der Waals surface area contributed by atoms with Crippen LogP contribution in [0, 0.1) is 0 Å². The first kappa shape index (κ1) is 22.9. The normalized spacial score (nSPS) is 11.2. The van der Waals surface area contributed by atoms with E-state index in [0.717, 1.165) is 39.1 Å². The molecule has 152 valence electrons. The van der Waals surface area contributed by atoms with Gasteiger partial charge in [0.25, 0.3) is 0 Å². The van der Waals surface area contributed by atoms with Crippen molar-refractivity contribution >= 4 is 56.6 Å². The molecule has 0 aliphatic rings. The smallest absolute Gasteiger partial charge is 0.240 e. The van der Waals surface area contributed by atoms with Crippen molar-refractivity contribution in [2.24, 2.45) is 0 Å². The molecule has 0 aromatic heterocycles. The summed E-state index contributed by atoms with van der Waals surface area (Å²) in [6, 6.07) is 14.0. The second kappa shape index (κ2) is 11.0. The number of carbonyl (C=O) groups is 1. The fourth-order valence-corrected chi connectivity index (χ4v) is 4.62. The van der Waals surface area contributed by atoms with Crippen molar-refractivity contribution < 1.29 is 13.2 Å². The molecule has 0 radical (unpaired) electrons. The first-order valence-electron chi connectivity index (χ1n) is 8.58. The number of halogens is 2. The summed E-state index contributed by atoms with van der Waals surface area (Å²) < 4.78 is 25.1. The van der Waals surface area contributed by atoms with E-state index in [9.17, 15) is 13.2 Å². The molecule has 2 rings (SSSR count). The molecule has 0 saturated heterocycles. The number of hydrogen-bond acceptors (Lipinski definition) is 4. The van der Waals surface area contributed by atoms with Gasteiger partial charge in [-0.15, -0.1) is 0 Å². The van der Waals surface area contributed by atoms with Crippen molar-refractivity contribution in [3.05, 3.63) is 64.1 Å². The lowest BCUT2D eigenvalue weighted by atomic mass is 10.2. The van der Waals surface area contributed by atoms with Crippen molar-refractivity contribution in [3.8, 4) is 0 Å². The van der Waals surface area contributed by atoms with E-state index in [1.54, 1.807) is 36.0 Å². The van der Waals surface area contributed by atoms with Crippen LogP contribution >= 0.6 is 35.0 Å². The average molecular weight is 461 g/mol. The van der Waals surface area contributed by atoms with Crippen molar-refractivity contribution in [2.75, 3.05) is 29.4 Å². The zero-order chi connectivity index (χ0) is 20.6. The lowest BCUT2D eigenvalue weighted by molar-refractivity contribution is -0.119. The van der Waals surface area contributed by atoms with Gasteiger partial charge in [-0.2, -0.15) is 11.8 Å². The molecule has 0 fully saturated rings. The van der Waals surface area contributed by atoms with E-state index in [1.807, 2.05) is 24.3 Å². The van der Waals surface area contributed by atoms with Crippen LogP contribution in [0.15, 0.2) is 48.5 Å². The summed E-state index contributed by atoms with van der Waals surface area (Å²) in [6.07, 6.45) is 1.85. The third kappa shape index (κ3) is 7.54. The topological polar surface area (TPSA) is 66.5 Å². The third-order valence-corrected chi connectivity index (χ3v) is 6.66. The standard InChI is InChI=1S/C19H22Cl2N2O3S2/c1-28(25,26)23(17-9-7-16(20)8-10-17)13-19(24)22-11-4-12-27-14-15-5-2-3-6-18(15)21/h2-3,5-10H,4,11-14H2,1H3,(H,22,24). The summed E-state index contributed by atoms with van der Waals surface area (Å²) in [7, 11) is -3.59. The number of carbonyl (C=O) groups excluding carboxylic acids is 1. The molecule has 1 N–H and O–H groups in total. The molecule has 0 atom stereocenters. The van der Waals surface area contributed by atoms with E-state index < -0.39 is 10.0 Å². The Hall–Kier alpha value is -1.41. The Morgan fingerprint density at radius 1 is 1.11 bits per heavy atom. The van der Waals surface area contributed by atoms with Crippen LogP contribution in [0.25, 0.3) is 0 Å². The summed E-state index contributed by atoms with van der Waals surface area (Å²) in [5, 5.41) is 4.02. The van der Waals surface area contributed by atoms with E-state index in [2.05, 4.69) is 5.32 Å². The molecule has 0 saturated carbocycles. The van der Waals surface area contributed by atoms with Gasteiger partial charge < -0.3 is 5.32 Å². The van der Waals surface area contributed by atoms with Crippen LogP contribution in [0.3, 0.4) is 0 Å². The molecule has 1 amide bonds. The Bertz CT molecular complexity index is 890. The maximum atomic E-state index is 12.2. The number of rotatable bonds is 10. The minimum Gasteiger partial charge on any atom is -0.354 e. The van der Waals surface area contributed by atoms with Crippen LogP contribution in [0.2, 0.25) is 10.0 Å². The van der Waals surface area contributed by atoms with E-state index in [1.165, 1.54) is 0 Å². The van der Waals surface area contributed by atoms with E-state index >= 15 is 0 Å². The predicted octanol–water partition coefficient (Wildman–Crippen LogP) is 4.20. The summed E-state index contributed by atoms with van der Waals surface area (Å²) in [4.78, 5) is 12.2. The highest BCUT2D eigenvalue weighted by Gasteiger charge is 2.20. The van der Waals surface area contributed by atoms with E-state index in [-0.39, 0.29) is 12.5 Å². The van der Waals surface area contributed by atoms with Gasteiger partial charge in [0.05, 0.1) is 11.9 Å². The molecule has 28 heavy (non-hydrogen) atoms. The maximum absolute atomic E-state index is 12.2. The van der Waals surface area contributed by atoms with Gasteiger partial charge in [0, 0.05) is 22.3 Å². The first-order chi connectivity index (χ1) is 13.3. The van der Waals surface area contributed by atoms with Crippen LogP contribution in [0.5, 0.6) is 0 Å². The Kier molecular flexibility index (Phi) is 8.95. The number of anilines is 1. The molecule has 0 spiro atoms. The number of nitrogens with zero attached hydrogens (tertiary/aromatic N) is 1. The van der Waals surface area contributed by atoms with E-state index in [0.29, 0.717) is 17.3 Å². The van der Waals surface area contributed by atoms with Gasteiger partial charge in [0.2, 0.25) is 15.9 Å². The highest BCUT2D eigenvalue weighted by molar-refractivity contribution is 7.98. The molecular weight excluding hydrogens is 439 g/mol. The molecule has 0 aliphatic heterocycles. The number of thioether (sulfide) groups is 1. The van der Waals surface area contributed by atoms with Crippen LogP contribution in [0.1, 0.15) is 12.0 Å². The summed E-state index contributed by atoms with van der Waals surface area (Å²) >= 11 is 13.7. The molecule has 0 bridgehead atoms. The quantitative estimate of drug-likeness (QED) is 0.539. The van der Waals surface area contributed by atoms with Crippen LogP contribution < -0.4 is 9.62 Å². The maximum Gasteiger partial charge on any atom is 0.240 e. The number of hydrogen-bond donors (Lipinski definition) is 1. The number of nitrogens with one attached hydrogen (secondary N) is 1. The fraction of sp³-hybridized carbons (Fsp3) is 0.316. The molecule has 9 heteroatoms. The second-order valence-electron chi connectivity index (χ2n) is 6.09. The van der Waals surface area contributed by atoms with Crippen molar-refractivity contribution in [2.45, 2.75) is 12.2 Å². The van der Waals surface area contributed by atoms with Gasteiger partial charge in [-0.3, -0.25) is 9.10 Å². The first-order valence-corrected chi connectivity index (χ1v) is 12.3. The number of sulfonamides is 1. The van der Waals surface area contributed by atoms with Gasteiger partial charge in [-0.05, 0) is 48.1 Å². The van der Waals surface area contributed by atoms with Crippen molar-refractivity contribution in [1.29, 1.82) is 0 Å². The predicted molar refractivity (Wildman–Crippen MR) is 119 cm³/mol. The molecule has 0 aliphatic carbocycles. The van der Waals surface area contributed by atoms with Gasteiger partial charge in [-0.25, -0.2) is 8.42 Å². The zero-order valence-electron chi connectivity index (χ0n) is 15.4. The Morgan fingerprint density at radius 2 is 1.79 bits per heavy atom. The second-order valence-corrected chi connectivity index (χ2v) is 9.95. The number of amides is 1. The Labute approximate surface area is 180 Å². The summed E-state index contributed by atoms with van der Waals surface area (Å²) in [6.45, 7) is 0.208. The summed E-state index contributed by atoms with van der Waals surface area (Å²) in [5.41, 5.74) is 1.49. The van der Waals surface area contributed by atoms with Crippen LogP contribution in [-0.4, -0.2) is 39.4 Å². The summed E-state index contributed by atoms with van der Waals surface area (Å²) in [5.74, 6) is 1.32. The SMILES string of the molecule is CS(=O)(=O)N(CC(=O)NCCCSCc1ccccc1Cl)c1ccc(Cl)cc1. The molecule has 2 aromatic carbocycles. The van der Waals surface area contributed by atoms with Gasteiger partial charge in [-0.1, -0.05) is 41.4 Å². The highest BCUT2D eigenvalue weighted by atomic mass is 35.5. The molecule has 5 nitrogen and oxygen atoms in total. The van der Waals surface area contributed by atoms with E-state index in [4.69, 9.17) is 23.2 Å². The minimum atomic E-state index is -3.59. The molecule has 0 unspecified atom stereocenters. The van der Waals surface area contributed by atoms with Crippen LogP contribution in [-0.2, 0) is 20.6 Å². The molecular formula is C19H22Cl2N2O3S2. The lowest BCUT2D eigenvalue weighted by Crippen LogP contribution is -2.40. The minimum absolute atomic E-state index is 0.271. The van der Waals surface area contributed by atoms with Crippen molar-refractivity contribution in [1.82, 2.24) is 5.32 Å². The van der Waals surface area contributed by atoms with Gasteiger partial charge >= 0.3 is 0 Å². The number of benzene rings is 2.